The van der Waals surface area contributed by atoms with Crippen LogP contribution in [-0.4, -0.2) is 15.9 Å². The summed E-state index contributed by atoms with van der Waals surface area (Å²) in [5.74, 6) is 0. The molecule has 0 atom stereocenters. The van der Waals surface area contributed by atoms with Crippen molar-refractivity contribution in [1.82, 2.24) is 9.99 Å². The maximum atomic E-state index is 9.69. The second-order valence-electron chi connectivity index (χ2n) is 5.90. The molecule has 0 radical (unpaired) electrons. The molecule has 0 unspecified atom stereocenters. The molecule has 24 heavy (non-hydrogen) atoms. The smallest absolute Gasteiger partial charge is 0.184 e. The van der Waals surface area contributed by atoms with Gasteiger partial charge in [0.15, 0.2) is 5.11 Å². The van der Waals surface area contributed by atoms with Gasteiger partial charge in [-0.15, -0.1) is 11.3 Å². The van der Waals surface area contributed by atoms with Crippen LogP contribution in [-0.2, 0) is 12.8 Å². The standard InChI is InChI=1S/C17H19N5S2/c1-10-7-12(9-20-21-17(19)23)11(2)22(10)16-14(8-18)13-5-3-4-6-15(13)24-16/h7,9H,3-6H2,1-2H3,(H3,19,21,23)/b20-9+. The van der Waals surface area contributed by atoms with Gasteiger partial charge in [0.05, 0.1) is 11.8 Å². The van der Waals surface area contributed by atoms with E-state index in [0.29, 0.717) is 0 Å². The second-order valence-corrected chi connectivity index (χ2v) is 7.42. The summed E-state index contributed by atoms with van der Waals surface area (Å²) < 4.78 is 2.16. The number of nitrogens with one attached hydrogen (secondary N) is 1. The Labute approximate surface area is 150 Å². The lowest BCUT2D eigenvalue weighted by atomic mass is 9.96. The lowest BCUT2D eigenvalue weighted by molar-refractivity contribution is 0.695. The van der Waals surface area contributed by atoms with Gasteiger partial charge in [-0.1, -0.05) is 0 Å². The van der Waals surface area contributed by atoms with Crippen LogP contribution in [0.3, 0.4) is 0 Å². The number of nitrogens with two attached hydrogens (primary N) is 1. The molecule has 0 aliphatic heterocycles. The van der Waals surface area contributed by atoms with Crippen LogP contribution in [0.5, 0.6) is 0 Å². The monoisotopic (exact) mass is 357 g/mol. The highest BCUT2D eigenvalue weighted by molar-refractivity contribution is 7.80. The summed E-state index contributed by atoms with van der Waals surface area (Å²) in [5.41, 5.74) is 13.2. The molecule has 0 saturated heterocycles. The molecule has 1 aliphatic carbocycles. The van der Waals surface area contributed by atoms with Gasteiger partial charge in [-0.3, -0.25) is 5.43 Å². The van der Waals surface area contributed by atoms with E-state index in [0.717, 1.165) is 40.4 Å². The molecule has 3 rings (SSSR count). The first-order valence-corrected chi connectivity index (χ1v) is 9.08. The number of nitriles is 1. The summed E-state index contributed by atoms with van der Waals surface area (Å²) >= 11 is 6.50. The SMILES string of the molecule is Cc1cc(/C=N/NC(N)=S)c(C)n1-c1sc2c(c1C#N)CCCC2. The Balaban J connectivity index is 2.06. The maximum Gasteiger partial charge on any atom is 0.184 e. The summed E-state index contributed by atoms with van der Waals surface area (Å²) in [6, 6.07) is 4.49. The zero-order valence-corrected chi connectivity index (χ0v) is 15.4. The van der Waals surface area contributed by atoms with E-state index in [-0.39, 0.29) is 5.11 Å². The summed E-state index contributed by atoms with van der Waals surface area (Å²) in [6.45, 7) is 4.08. The predicted octanol–water partition coefficient (Wildman–Crippen LogP) is 3.07. The summed E-state index contributed by atoms with van der Waals surface area (Å²) in [5, 5.41) is 14.9. The van der Waals surface area contributed by atoms with Crippen LogP contribution in [0.4, 0.5) is 0 Å². The van der Waals surface area contributed by atoms with Crippen molar-refractivity contribution in [1.29, 1.82) is 5.26 Å². The third-order valence-electron chi connectivity index (χ3n) is 4.32. The number of fused-ring (bicyclic) bond motifs is 1. The Morgan fingerprint density at radius 2 is 2.21 bits per heavy atom. The maximum absolute atomic E-state index is 9.69. The third-order valence-corrected chi connectivity index (χ3v) is 5.68. The number of aromatic nitrogens is 1. The summed E-state index contributed by atoms with van der Waals surface area (Å²) in [4.78, 5) is 1.37. The molecule has 124 valence electrons. The van der Waals surface area contributed by atoms with Crippen molar-refractivity contribution in [2.24, 2.45) is 10.8 Å². The van der Waals surface area contributed by atoms with E-state index < -0.39 is 0 Å². The molecular formula is C17H19N5S2. The molecule has 7 heteroatoms. The summed E-state index contributed by atoms with van der Waals surface area (Å²) in [6.07, 6.45) is 6.19. The molecule has 0 bridgehead atoms. The zero-order valence-electron chi connectivity index (χ0n) is 13.7. The van der Waals surface area contributed by atoms with Crippen LogP contribution >= 0.6 is 23.6 Å². The van der Waals surface area contributed by atoms with E-state index in [2.05, 4.69) is 27.2 Å². The van der Waals surface area contributed by atoms with Crippen LogP contribution in [0.1, 0.15) is 45.8 Å². The van der Waals surface area contributed by atoms with E-state index >= 15 is 0 Å². The highest BCUT2D eigenvalue weighted by atomic mass is 32.1. The lowest BCUT2D eigenvalue weighted by Gasteiger charge is -2.10. The normalized spacial score (nSPS) is 13.7. The first kappa shape index (κ1) is 16.7. The first-order valence-electron chi connectivity index (χ1n) is 7.85. The van der Waals surface area contributed by atoms with Gasteiger partial charge in [0.25, 0.3) is 0 Å². The van der Waals surface area contributed by atoms with Crippen molar-refractivity contribution in [3.63, 3.8) is 0 Å². The number of rotatable bonds is 3. The highest BCUT2D eigenvalue weighted by Crippen LogP contribution is 2.38. The van der Waals surface area contributed by atoms with Gasteiger partial charge in [-0.2, -0.15) is 10.4 Å². The minimum Gasteiger partial charge on any atom is -0.375 e. The fourth-order valence-corrected chi connectivity index (χ4v) is 4.72. The number of hydrazone groups is 1. The van der Waals surface area contributed by atoms with E-state index in [1.165, 1.54) is 23.3 Å². The Kier molecular flexibility index (Phi) is 4.69. The average Bonchev–Trinajstić information content (AvgIpc) is 3.04. The van der Waals surface area contributed by atoms with Crippen LogP contribution in [0.25, 0.3) is 5.00 Å². The van der Waals surface area contributed by atoms with E-state index in [4.69, 9.17) is 18.0 Å². The molecule has 0 spiro atoms. The van der Waals surface area contributed by atoms with Crippen molar-refractivity contribution in [2.45, 2.75) is 39.5 Å². The number of hydrogen-bond acceptors (Lipinski definition) is 4. The molecular weight excluding hydrogens is 338 g/mol. The molecule has 1 aliphatic rings. The van der Waals surface area contributed by atoms with Crippen LogP contribution < -0.4 is 11.2 Å². The molecule has 2 aromatic rings. The second kappa shape index (κ2) is 6.75. The molecule has 3 N–H and O–H groups in total. The van der Waals surface area contributed by atoms with Crippen molar-refractivity contribution in [3.05, 3.63) is 39.0 Å². The summed E-state index contributed by atoms with van der Waals surface area (Å²) in [7, 11) is 0. The van der Waals surface area contributed by atoms with Gasteiger partial charge >= 0.3 is 0 Å². The Hall–Kier alpha value is -2.17. The fourth-order valence-electron chi connectivity index (χ4n) is 3.22. The average molecular weight is 358 g/mol. The Morgan fingerprint density at radius 1 is 1.46 bits per heavy atom. The van der Waals surface area contributed by atoms with Crippen LogP contribution in [0.15, 0.2) is 11.2 Å². The van der Waals surface area contributed by atoms with Gasteiger partial charge in [0, 0.05) is 21.8 Å². The van der Waals surface area contributed by atoms with Crippen LogP contribution in [0.2, 0.25) is 0 Å². The first-order chi connectivity index (χ1) is 11.5. The quantitative estimate of drug-likeness (QED) is 0.503. The van der Waals surface area contributed by atoms with E-state index in [9.17, 15) is 5.26 Å². The van der Waals surface area contributed by atoms with Crippen molar-refractivity contribution >= 4 is 34.9 Å². The van der Waals surface area contributed by atoms with Crippen LogP contribution in [0, 0.1) is 25.2 Å². The topological polar surface area (TPSA) is 79.1 Å². The minimum absolute atomic E-state index is 0.137. The van der Waals surface area contributed by atoms with Crippen molar-refractivity contribution in [2.75, 3.05) is 0 Å². The number of thiocarbonyl (C=S) groups is 1. The molecule has 2 aromatic heterocycles. The molecule has 0 amide bonds. The fraction of sp³-hybridized carbons (Fsp3) is 0.353. The van der Waals surface area contributed by atoms with Gasteiger partial charge in [-0.25, -0.2) is 0 Å². The Morgan fingerprint density at radius 3 is 2.92 bits per heavy atom. The number of hydrogen-bond donors (Lipinski definition) is 2. The van der Waals surface area contributed by atoms with Gasteiger partial charge < -0.3 is 10.3 Å². The van der Waals surface area contributed by atoms with Gasteiger partial charge in [-0.05, 0) is 63.4 Å². The largest absolute Gasteiger partial charge is 0.375 e. The Bertz CT molecular complexity index is 867. The molecule has 0 fully saturated rings. The number of thiophene rings is 1. The highest BCUT2D eigenvalue weighted by Gasteiger charge is 2.23. The third kappa shape index (κ3) is 2.95. The van der Waals surface area contributed by atoms with Crippen molar-refractivity contribution < 1.29 is 0 Å². The van der Waals surface area contributed by atoms with Gasteiger partial charge in [0.1, 0.15) is 11.1 Å². The molecule has 2 heterocycles. The predicted molar refractivity (Wildman–Crippen MR) is 102 cm³/mol. The molecule has 5 nitrogen and oxygen atoms in total. The molecule has 0 aromatic carbocycles. The van der Waals surface area contributed by atoms with Gasteiger partial charge in [0.2, 0.25) is 0 Å². The molecule has 0 saturated carbocycles. The van der Waals surface area contributed by atoms with E-state index in [1.54, 1.807) is 17.6 Å². The van der Waals surface area contributed by atoms with E-state index in [1.807, 2.05) is 13.8 Å². The zero-order chi connectivity index (χ0) is 17.3. The number of nitrogens with zero attached hydrogens (tertiary/aromatic N) is 3. The van der Waals surface area contributed by atoms with Crippen molar-refractivity contribution in [3.8, 4) is 11.1 Å². The minimum atomic E-state index is 0.137. The lowest BCUT2D eigenvalue weighted by Crippen LogP contribution is -2.24. The number of aryl methyl sites for hydroxylation is 2.